The molecule has 1 atom stereocenters. The van der Waals surface area contributed by atoms with Crippen LogP contribution in [0.4, 0.5) is 5.88 Å². The van der Waals surface area contributed by atoms with Gasteiger partial charge in [-0.15, -0.1) is 0 Å². The number of hydrogen-bond acceptors (Lipinski definition) is 6. The van der Waals surface area contributed by atoms with Crippen LogP contribution in [0.25, 0.3) is 0 Å². The van der Waals surface area contributed by atoms with Gasteiger partial charge in [0.2, 0.25) is 0 Å². The molecular formula is C17H16N2O6. The van der Waals surface area contributed by atoms with Gasteiger partial charge in [-0.25, -0.2) is 0 Å². The van der Waals surface area contributed by atoms with E-state index in [-0.39, 0.29) is 11.8 Å². The maximum absolute atomic E-state index is 12.4. The van der Waals surface area contributed by atoms with Crippen molar-refractivity contribution in [1.29, 1.82) is 0 Å². The lowest BCUT2D eigenvalue weighted by Crippen LogP contribution is -2.29. The van der Waals surface area contributed by atoms with Crippen molar-refractivity contribution in [2.45, 2.75) is 18.9 Å². The number of hydrogen-bond donors (Lipinski definition) is 1. The van der Waals surface area contributed by atoms with E-state index in [2.05, 4.69) is 5.32 Å². The Bertz CT molecular complexity index is 826. The average molecular weight is 344 g/mol. The molecule has 0 bridgehead atoms. The minimum atomic E-state index is -0.671. The van der Waals surface area contributed by atoms with Gasteiger partial charge in [-0.2, -0.15) is 0 Å². The molecule has 2 heterocycles. The second-order valence-electron chi connectivity index (χ2n) is 6.09. The molecule has 25 heavy (non-hydrogen) atoms. The van der Waals surface area contributed by atoms with Crippen molar-refractivity contribution in [2.75, 3.05) is 13.2 Å². The molecule has 2 aromatic rings. The summed E-state index contributed by atoms with van der Waals surface area (Å²) in [6.07, 6.45) is 2.02. The van der Waals surface area contributed by atoms with E-state index in [4.69, 9.17) is 13.9 Å². The molecule has 1 aromatic heterocycles. The fraction of sp³-hybridized carbons (Fsp3) is 0.353. The largest absolute Gasteiger partial charge is 0.486 e. The lowest BCUT2D eigenvalue weighted by molar-refractivity contribution is -0.402. The van der Waals surface area contributed by atoms with E-state index in [0.717, 1.165) is 18.4 Å². The van der Waals surface area contributed by atoms with Crippen molar-refractivity contribution in [1.82, 2.24) is 5.32 Å². The highest BCUT2D eigenvalue weighted by atomic mass is 16.6. The molecule has 1 aromatic carbocycles. The molecule has 1 amide bonds. The fourth-order valence-electron chi connectivity index (χ4n) is 2.92. The van der Waals surface area contributed by atoms with Crippen LogP contribution in [0.3, 0.4) is 0 Å². The molecule has 0 radical (unpaired) electrons. The SMILES string of the molecule is O=C(NC(c1ccc2c(c1)OCCO2)C1CC1)c1ccc([N+](=O)[O-])o1. The summed E-state index contributed by atoms with van der Waals surface area (Å²) in [5.74, 6) is 0.688. The maximum Gasteiger partial charge on any atom is 0.433 e. The first-order valence-corrected chi connectivity index (χ1v) is 8.06. The lowest BCUT2D eigenvalue weighted by Gasteiger charge is -2.22. The zero-order valence-electron chi connectivity index (χ0n) is 13.3. The quantitative estimate of drug-likeness (QED) is 0.661. The summed E-state index contributed by atoms with van der Waals surface area (Å²) in [5, 5.41) is 13.6. The average Bonchev–Trinajstić information content (AvgIpc) is 3.33. The van der Waals surface area contributed by atoms with Crippen LogP contribution in [0.5, 0.6) is 11.5 Å². The minimum absolute atomic E-state index is 0.0742. The third kappa shape index (κ3) is 3.15. The number of nitrogens with one attached hydrogen (secondary N) is 1. The standard InChI is InChI=1S/C17H16N2O6/c20-17(13-5-6-15(25-13)19(21)22)18-16(10-1-2-10)11-3-4-12-14(9-11)24-8-7-23-12/h3-6,9-10,16H,1-2,7-8H2,(H,18,20). The normalized spacial score (nSPS) is 17.0. The summed E-state index contributed by atoms with van der Waals surface area (Å²) in [6.45, 7) is 1.01. The molecule has 2 aliphatic rings. The third-order valence-electron chi connectivity index (χ3n) is 4.30. The molecule has 1 saturated carbocycles. The molecule has 0 saturated heterocycles. The van der Waals surface area contributed by atoms with Crippen LogP contribution in [-0.4, -0.2) is 24.0 Å². The molecule has 1 aliphatic carbocycles. The van der Waals surface area contributed by atoms with Crippen LogP contribution in [0.15, 0.2) is 34.7 Å². The van der Waals surface area contributed by atoms with E-state index in [0.29, 0.717) is 30.6 Å². The van der Waals surface area contributed by atoms with Crippen molar-refractivity contribution in [3.8, 4) is 11.5 Å². The van der Waals surface area contributed by atoms with Crippen molar-refractivity contribution in [3.63, 3.8) is 0 Å². The Hall–Kier alpha value is -3.03. The number of carbonyl (C=O) groups is 1. The highest BCUT2D eigenvalue weighted by molar-refractivity contribution is 5.92. The molecule has 1 aliphatic heterocycles. The molecule has 1 fully saturated rings. The van der Waals surface area contributed by atoms with E-state index in [1.165, 1.54) is 12.1 Å². The summed E-state index contributed by atoms with van der Waals surface area (Å²) in [5.41, 5.74) is 0.918. The second kappa shape index (κ2) is 6.12. The van der Waals surface area contributed by atoms with E-state index < -0.39 is 16.7 Å². The number of benzene rings is 1. The summed E-state index contributed by atoms with van der Waals surface area (Å²) >= 11 is 0. The van der Waals surface area contributed by atoms with Gasteiger partial charge in [0.1, 0.15) is 18.1 Å². The van der Waals surface area contributed by atoms with Crippen LogP contribution in [0.1, 0.15) is 35.0 Å². The van der Waals surface area contributed by atoms with Crippen LogP contribution < -0.4 is 14.8 Å². The Kier molecular flexibility index (Phi) is 3.79. The van der Waals surface area contributed by atoms with Gasteiger partial charge in [0.15, 0.2) is 17.3 Å². The number of nitro groups is 1. The summed E-state index contributed by atoms with van der Waals surface area (Å²) in [7, 11) is 0. The zero-order valence-corrected chi connectivity index (χ0v) is 13.3. The first-order valence-electron chi connectivity index (χ1n) is 8.06. The Balaban J connectivity index is 1.55. The fourth-order valence-corrected chi connectivity index (χ4v) is 2.92. The van der Waals surface area contributed by atoms with Crippen molar-refractivity contribution in [3.05, 3.63) is 51.8 Å². The molecule has 8 heteroatoms. The number of furan rings is 1. The monoisotopic (exact) mass is 344 g/mol. The van der Waals surface area contributed by atoms with Crippen LogP contribution in [0.2, 0.25) is 0 Å². The number of amides is 1. The maximum atomic E-state index is 12.4. The first kappa shape index (κ1) is 15.5. The predicted molar refractivity (Wildman–Crippen MR) is 85.7 cm³/mol. The van der Waals surface area contributed by atoms with E-state index in [1.54, 1.807) is 0 Å². The summed E-state index contributed by atoms with van der Waals surface area (Å²) in [6, 6.07) is 7.89. The number of ether oxygens (including phenoxy) is 2. The van der Waals surface area contributed by atoms with Gasteiger partial charge < -0.3 is 19.2 Å². The Morgan fingerprint density at radius 1 is 1.16 bits per heavy atom. The van der Waals surface area contributed by atoms with Gasteiger partial charge in [0.05, 0.1) is 12.1 Å². The molecular weight excluding hydrogens is 328 g/mol. The van der Waals surface area contributed by atoms with E-state index in [9.17, 15) is 14.9 Å². The Morgan fingerprint density at radius 3 is 2.60 bits per heavy atom. The van der Waals surface area contributed by atoms with Crippen LogP contribution in [-0.2, 0) is 0 Å². The second-order valence-corrected chi connectivity index (χ2v) is 6.09. The minimum Gasteiger partial charge on any atom is -0.486 e. The molecule has 0 spiro atoms. The number of carbonyl (C=O) groups excluding carboxylic acids is 1. The molecule has 1 unspecified atom stereocenters. The number of nitrogens with zero attached hydrogens (tertiary/aromatic N) is 1. The molecule has 1 N–H and O–H groups in total. The summed E-state index contributed by atoms with van der Waals surface area (Å²) in [4.78, 5) is 22.4. The lowest BCUT2D eigenvalue weighted by atomic mass is 10.0. The van der Waals surface area contributed by atoms with Gasteiger partial charge >= 0.3 is 5.88 Å². The van der Waals surface area contributed by atoms with Crippen molar-refractivity contribution < 1.29 is 23.6 Å². The highest BCUT2D eigenvalue weighted by Crippen LogP contribution is 2.43. The topological polar surface area (TPSA) is 104 Å². The predicted octanol–water partition coefficient (Wildman–Crippen LogP) is 2.84. The number of fused-ring (bicyclic) bond motifs is 1. The third-order valence-corrected chi connectivity index (χ3v) is 4.30. The number of rotatable bonds is 5. The molecule has 130 valence electrons. The first-order chi connectivity index (χ1) is 12.1. The smallest absolute Gasteiger partial charge is 0.433 e. The van der Waals surface area contributed by atoms with Crippen LogP contribution >= 0.6 is 0 Å². The van der Waals surface area contributed by atoms with Gasteiger partial charge in [-0.3, -0.25) is 14.9 Å². The van der Waals surface area contributed by atoms with Gasteiger partial charge in [0.25, 0.3) is 5.91 Å². The van der Waals surface area contributed by atoms with Crippen LogP contribution in [0, 0.1) is 16.0 Å². The molecule has 8 nitrogen and oxygen atoms in total. The van der Waals surface area contributed by atoms with E-state index in [1.807, 2.05) is 18.2 Å². The molecule has 4 rings (SSSR count). The van der Waals surface area contributed by atoms with Gasteiger partial charge in [-0.05, 0) is 42.5 Å². The van der Waals surface area contributed by atoms with Gasteiger partial charge in [0, 0.05) is 0 Å². The van der Waals surface area contributed by atoms with Gasteiger partial charge in [-0.1, -0.05) is 6.07 Å². The van der Waals surface area contributed by atoms with Crippen molar-refractivity contribution >= 4 is 11.8 Å². The Morgan fingerprint density at radius 2 is 1.92 bits per heavy atom. The summed E-state index contributed by atoms with van der Waals surface area (Å²) < 4.78 is 16.1. The highest BCUT2D eigenvalue weighted by Gasteiger charge is 2.35. The van der Waals surface area contributed by atoms with Crippen molar-refractivity contribution in [2.24, 2.45) is 5.92 Å². The Labute approximate surface area is 142 Å². The zero-order chi connectivity index (χ0) is 17.4. The van der Waals surface area contributed by atoms with E-state index >= 15 is 0 Å².